The molecule has 8 heteroatoms. The first-order valence-corrected chi connectivity index (χ1v) is 9.37. The Hall–Kier alpha value is -1.67. The number of carbonyl (C=O) groups excluding carboxylic acids is 3. The third-order valence-electron chi connectivity index (χ3n) is 3.98. The first-order chi connectivity index (χ1) is 12.4. The molecule has 0 radical (unpaired) electrons. The summed E-state index contributed by atoms with van der Waals surface area (Å²) in [6.45, 7) is 14.8. The second-order valence-corrected chi connectivity index (χ2v) is 10.2. The molecule has 0 aromatic carbocycles. The molecular weight excluding hydrogens is 368 g/mol. The van der Waals surface area contributed by atoms with Crippen molar-refractivity contribution < 1.29 is 38.4 Å². The minimum Gasteiger partial charge on any atom is -0.455 e. The fraction of sp³-hybridized carbons (Fsp3) is 0.850. The van der Waals surface area contributed by atoms with Gasteiger partial charge in [0.2, 0.25) is 0 Å². The molecule has 0 aromatic rings. The Balaban J connectivity index is 3.18. The zero-order valence-corrected chi connectivity index (χ0v) is 18.3. The zero-order chi connectivity index (χ0) is 22.1. The van der Waals surface area contributed by atoms with E-state index in [9.17, 15) is 19.5 Å². The number of hydrogen-bond acceptors (Lipinski definition) is 8. The molecule has 0 aromatic heterocycles. The van der Waals surface area contributed by atoms with Crippen LogP contribution in [0.5, 0.6) is 0 Å². The number of carbonyl (C=O) groups is 3. The maximum Gasteiger partial charge on any atom is 0.311 e. The predicted octanol–water partition coefficient (Wildman–Crippen LogP) is 2.21. The number of aliphatic hydroxyl groups excluding tert-OH is 1. The van der Waals surface area contributed by atoms with Gasteiger partial charge in [0.15, 0.2) is 24.6 Å². The largest absolute Gasteiger partial charge is 0.455 e. The second-order valence-electron chi connectivity index (χ2n) is 10.2. The molecular formula is C20H34O8. The van der Waals surface area contributed by atoms with E-state index < -0.39 is 58.8 Å². The highest BCUT2D eigenvalue weighted by molar-refractivity contribution is 5.77. The normalized spacial score (nSPS) is 26.4. The van der Waals surface area contributed by atoms with E-state index in [1.165, 1.54) is 0 Å². The maximum atomic E-state index is 12.5. The van der Waals surface area contributed by atoms with Crippen molar-refractivity contribution in [2.45, 2.75) is 86.9 Å². The van der Waals surface area contributed by atoms with Crippen LogP contribution in [0.1, 0.15) is 62.3 Å². The summed E-state index contributed by atoms with van der Waals surface area (Å²) in [5, 5.41) is 10.3. The summed E-state index contributed by atoms with van der Waals surface area (Å²) in [5.74, 6) is -1.73. The van der Waals surface area contributed by atoms with Gasteiger partial charge in [-0.2, -0.15) is 0 Å². The molecule has 1 aliphatic rings. The summed E-state index contributed by atoms with van der Waals surface area (Å²) in [5.41, 5.74) is -2.50. The lowest BCUT2D eigenvalue weighted by atomic mass is 9.95. The first-order valence-electron chi connectivity index (χ1n) is 9.37. The number of rotatable bonds is 3. The monoisotopic (exact) mass is 402 g/mol. The predicted molar refractivity (Wildman–Crippen MR) is 100.0 cm³/mol. The molecule has 1 fully saturated rings. The molecule has 1 aliphatic heterocycles. The summed E-state index contributed by atoms with van der Waals surface area (Å²) in [7, 11) is 0. The number of esters is 3. The Morgan fingerprint density at radius 3 is 1.46 bits per heavy atom. The molecule has 1 saturated heterocycles. The summed E-state index contributed by atoms with van der Waals surface area (Å²) in [4.78, 5) is 37.2. The third kappa shape index (κ3) is 6.44. The number of aliphatic hydroxyl groups is 1. The molecule has 0 aliphatic carbocycles. The van der Waals surface area contributed by atoms with E-state index in [1.807, 2.05) is 0 Å². The van der Waals surface area contributed by atoms with Crippen molar-refractivity contribution in [2.24, 2.45) is 16.2 Å². The first kappa shape index (κ1) is 24.4. The summed E-state index contributed by atoms with van der Waals surface area (Å²) < 4.78 is 21.7. The van der Waals surface area contributed by atoms with Crippen LogP contribution in [-0.2, 0) is 33.3 Å². The van der Waals surface area contributed by atoms with Crippen LogP contribution in [0.15, 0.2) is 0 Å². The van der Waals surface area contributed by atoms with E-state index in [0.717, 1.165) is 0 Å². The standard InChI is InChI=1S/C20H34O8/c1-18(2,3)15(22)26-11-10-25-14(21)13(28-17(24)20(7,8)9)12(11)27-16(23)19(4,5)6/h11-14,21H,10H2,1-9H3/t11-,12+,13-,14-/m1/s1. The SMILES string of the molecule is CC(C)(C)C(=O)O[C@@H]1[C@@H](OC(=O)C(C)(C)C)[C@H](OC(=O)C(C)(C)C)CO[C@H]1O. The lowest BCUT2D eigenvalue weighted by molar-refractivity contribution is -0.273. The molecule has 0 spiro atoms. The van der Waals surface area contributed by atoms with Gasteiger partial charge in [-0.05, 0) is 62.3 Å². The lowest BCUT2D eigenvalue weighted by Crippen LogP contribution is -2.59. The summed E-state index contributed by atoms with van der Waals surface area (Å²) in [6, 6.07) is 0. The summed E-state index contributed by atoms with van der Waals surface area (Å²) in [6.07, 6.45) is -5.08. The van der Waals surface area contributed by atoms with Crippen LogP contribution in [0, 0.1) is 16.2 Å². The van der Waals surface area contributed by atoms with E-state index in [2.05, 4.69) is 0 Å². The van der Waals surface area contributed by atoms with Crippen molar-refractivity contribution in [1.82, 2.24) is 0 Å². The van der Waals surface area contributed by atoms with Gasteiger partial charge >= 0.3 is 17.9 Å². The van der Waals surface area contributed by atoms with Crippen molar-refractivity contribution in [3.8, 4) is 0 Å². The molecule has 1 N–H and O–H groups in total. The highest BCUT2D eigenvalue weighted by Crippen LogP contribution is 2.29. The minimum atomic E-state index is -1.52. The Labute approximate surface area is 166 Å². The van der Waals surface area contributed by atoms with Crippen molar-refractivity contribution in [2.75, 3.05) is 6.61 Å². The molecule has 1 heterocycles. The molecule has 4 atom stereocenters. The van der Waals surface area contributed by atoms with Crippen LogP contribution in [-0.4, -0.2) is 54.2 Å². The Bertz CT molecular complexity index is 591. The fourth-order valence-electron chi connectivity index (χ4n) is 2.04. The third-order valence-corrected chi connectivity index (χ3v) is 3.98. The van der Waals surface area contributed by atoms with Gasteiger partial charge in [0.05, 0.1) is 22.9 Å². The quantitative estimate of drug-likeness (QED) is 0.565. The van der Waals surface area contributed by atoms with E-state index in [4.69, 9.17) is 18.9 Å². The molecule has 0 amide bonds. The molecule has 0 unspecified atom stereocenters. The van der Waals surface area contributed by atoms with Gasteiger partial charge in [0, 0.05) is 0 Å². The molecule has 8 nitrogen and oxygen atoms in total. The molecule has 28 heavy (non-hydrogen) atoms. The highest BCUT2D eigenvalue weighted by Gasteiger charge is 2.49. The van der Waals surface area contributed by atoms with Crippen LogP contribution in [0.3, 0.4) is 0 Å². The second kappa shape index (κ2) is 8.37. The van der Waals surface area contributed by atoms with Gasteiger partial charge in [0.25, 0.3) is 0 Å². The summed E-state index contributed by atoms with van der Waals surface area (Å²) >= 11 is 0. The average molecular weight is 402 g/mol. The maximum absolute atomic E-state index is 12.5. The van der Waals surface area contributed by atoms with Crippen LogP contribution in [0.2, 0.25) is 0 Å². The van der Waals surface area contributed by atoms with Crippen molar-refractivity contribution in [1.29, 1.82) is 0 Å². The Morgan fingerprint density at radius 2 is 1.07 bits per heavy atom. The van der Waals surface area contributed by atoms with E-state index in [1.54, 1.807) is 62.3 Å². The Kier molecular flexibility index (Phi) is 7.28. The molecule has 1 rings (SSSR count). The van der Waals surface area contributed by atoms with E-state index >= 15 is 0 Å². The van der Waals surface area contributed by atoms with Crippen LogP contribution < -0.4 is 0 Å². The lowest BCUT2D eigenvalue weighted by Gasteiger charge is -2.41. The number of ether oxygens (including phenoxy) is 4. The smallest absolute Gasteiger partial charge is 0.311 e. The van der Waals surface area contributed by atoms with Crippen molar-refractivity contribution in [3.63, 3.8) is 0 Å². The van der Waals surface area contributed by atoms with Crippen molar-refractivity contribution >= 4 is 17.9 Å². The van der Waals surface area contributed by atoms with Gasteiger partial charge in [-0.3, -0.25) is 14.4 Å². The highest BCUT2D eigenvalue weighted by atomic mass is 16.7. The van der Waals surface area contributed by atoms with Gasteiger partial charge in [-0.25, -0.2) is 0 Å². The topological polar surface area (TPSA) is 108 Å². The molecule has 0 bridgehead atoms. The average Bonchev–Trinajstić information content (AvgIpc) is 2.49. The van der Waals surface area contributed by atoms with Crippen LogP contribution in [0.25, 0.3) is 0 Å². The van der Waals surface area contributed by atoms with Gasteiger partial charge in [-0.1, -0.05) is 0 Å². The minimum absolute atomic E-state index is 0.200. The van der Waals surface area contributed by atoms with Crippen molar-refractivity contribution in [3.05, 3.63) is 0 Å². The number of hydrogen-bond donors (Lipinski definition) is 1. The Morgan fingerprint density at radius 1 is 0.714 bits per heavy atom. The fourth-order valence-corrected chi connectivity index (χ4v) is 2.04. The van der Waals surface area contributed by atoms with Crippen LogP contribution >= 0.6 is 0 Å². The van der Waals surface area contributed by atoms with Crippen LogP contribution in [0.4, 0.5) is 0 Å². The van der Waals surface area contributed by atoms with Gasteiger partial charge in [0.1, 0.15) is 0 Å². The van der Waals surface area contributed by atoms with Gasteiger partial charge in [-0.15, -0.1) is 0 Å². The molecule has 0 saturated carbocycles. The van der Waals surface area contributed by atoms with Gasteiger partial charge < -0.3 is 24.1 Å². The zero-order valence-electron chi connectivity index (χ0n) is 18.3. The van der Waals surface area contributed by atoms with E-state index in [0.29, 0.717) is 0 Å². The van der Waals surface area contributed by atoms with E-state index in [-0.39, 0.29) is 6.61 Å². The molecule has 162 valence electrons.